The molecule has 0 amide bonds. The van der Waals surface area contributed by atoms with Crippen molar-refractivity contribution in [2.45, 2.75) is 0 Å². The number of nitrogens with zero attached hydrogens (tertiary/aromatic N) is 1. The van der Waals surface area contributed by atoms with Crippen molar-refractivity contribution in [2.75, 3.05) is 0 Å². The number of hydrogen-bond donors (Lipinski definition) is 0. The summed E-state index contributed by atoms with van der Waals surface area (Å²) >= 11 is 0. The molecule has 0 bridgehead atoms. The van der Waals surface area contributed by atoms with Gasteiger partial charge in [0.25, 0.3) is 0 Å². The van der Waals surface area contributed by atoms with Gasteiger partial charge >= 0.3 is 0 Å². The number of rotatable bonds is 2. The molecule has 0 saturated heterocycles. The summed E-state index contributed by atoms with van der Waals surface area (Å²) in [5.41, 5.74) is 0. The van der Waals surface area contributed by atoms with Gasteiger partial charge in [-0.05, 0) is 24.3 Å². The highest BCUT2D eigenvalue weighted by Gasteiger charge is 1.98. The summed E-state index contributed by atoms with van der Waals surface area (Å²) < 4.78 is 18.0. The van der Waals surface area contributed by atoms with Crippen LogP contribution in [0.5, 0.6) is 11.6 Å². The molecule has 1 radical (unpaired) electrons. The summed E-state index contributed by atoms with van der Waals surface area (Å²) in [5, 5.41) is 0. The van der Waals surface area contributed by atoms with E-state index in [2.05, 4.69) is 11.1 Å². The first-order valence-corrected chi connectivity index (χ1v) is 4.11. The average molecular weight is 188 g/mol. The van der Waals surface area contributed by atoms with Crippen LogP contribution in [0, 0.1) is 11.9 Å². The lowest BCUT2D eigenvalue weighted by atomic mass is 10.3. The zero-order valence-corrected chi connectivity index (χ0v) is 7.27. The number of ether oxygens (including phenoxy) is 1. The summed E-state index contributed by atoms with van der Waals surface area (Å²) in [4.78, 5) is 3.90. The third-order valence-electron chi connectivity index (χ3n) is 1.59. The minimum atomic E-state index is -0.335. The van der Waals surface area contributed by atoms with E-state index in [0.717, 1.165) is 0 Å². The second-order valence-electron chi connectivity index (χ2n) is 2.65. The molecule has 0 spiro atoms. The van der Waals surface area contributed by atoms with Crippen LogP contribution in [0.4, 0.5) is 4.39 Å². The lowest BCUT2D eigenvalue weighted by molar-refractivity contribution is 0.457. The van der Waals surface area contributed by atoms with Crippen LogP contribution in [0.2, 0.25) is 0 Å². The molecule has 0 N–H and O–H groups in total. The van der Waals surface area contributed by atoms with Crippen LogP contribution in [0.15, 0.2) is 42.6 Å². The van der Waals surface area contributed by atoms with Crippen molar-refractivity contribution in [3.8, 4) is 11.6 Å². The van der Waals surface area contributed by atoms with E-state index in [1.54, 1.807) is 30.5 Å². The summed E-state index contributed by atoms with van der Waals surface area (Å²) in [5.74, 6) is 0.413. The van der Waals surface area contributed by atoms with Gasteiger partial charge in [0.15, 0.2) is 0 Å². The predicted octanol–water partition coefficient (Wildman–Crippen LogP) is 2.81. The Balaban J connectivity index is 2.19. The first kappa shape index (κ1) is 8.69. The van der Waals surface area contributed by atoms with E-state index in [1.807, 2.05) is 0 Å². The molecule has 1 aromatic carbocycles. The Bertz CT molecular complexity index is 417. The van der Waals surface area contributed by atoms with Crippen LogP contribution in [0.1, 0.15) is 0 Å². The fourth-order valence-electron chi connectivity index (χ4n) is 1.01. The van der Waals surface area contributed by atoms with Gasteiger partial charge in [0.1, 0.15) is 11.6 Å². The second-order valence-corrected chi connectivity index (χ2v) is 2.65. The van der Waals surface area contributed by atoms with E-state index in [1.165, 1.54) is 12.1 Å². The van der Waals surface area contributed by atoms with Crippen LogP contribution in [0.25, 0.3) is 0 Å². The van der Waals surface area contributed by atoms with Crippen LogP contribution in [-0.2, 0) is 0 Å². The van der Waals surface area contributed by atoms with Crippen molar-refractivity contribution in [1.82, 2.24) is 4.98 Å². The molecule has 2 aromatic rings. The zero-order chi connectivity index (χ0) is 9.80. The van der Waals surface area contributed by atoms with Crippen LogP contribution in [-0.4, -0.2) is 4.98 Å². The van der Waals surface area contributed by atoms with Crippen molar-refractivity contribution in [3.05, 3.63) is 54.5 Å². The highest BCUT2D eigenvalue weighted by Crippen LogP contribution is 2.18. The Morgan fingerprint density at radius 1 is 1.29 bits per heavy atom. The minimum absolute atomic E-state index is 0.332. The summed E-state index contributed by atoms with van der Waals surface area (Å²) in [6.45, 7) is 0. The third kappa shape index (κ3) is 2.07. The van der Waals surface area contributed by atoms with Crippen molar-refractivity contribution in [2.24, 2.45) is 0 Å². The van der Waals surface area contributed by atoms with Crippen molar-refractivity contribution in [3.63, 3.8) is 0 Å². The molecule has 0 fully saturated rings. The van der Waals surface area contributed by atoms with Crippen LogP contribution >= 0.6 is 0 Å². The molecule has 0 saturated carbocycles. The van der Waals surface area contributed by atoms with E-state index in [-0.39, 0.29) is 5.82 Å². The topological polar surface area (TPSA) is 22.1 Å². The molecule has 0 aliphatic carbocycles. The van der Waals surface area contributed by atoms with Crippen molar-refractivity contribution >= 4 is 0 Å². The molecule has 14 heavy (non-hydrogen) atoms. The molecule has 1 heterocycles. The van der Waals surface area contributed by atoms with Gasteiger partial charge in [-0.1, -0.05) is 6.07 Å². The molecular formula is C11H7FNO. The lowest BCUT2D eigenvalue weighted by Crippen LogP contribution is -1.87. The normalized spacial score (nSPS) is 9.79. The van der Waals surface area contributed by atoms with E-state index in [0.29, 0.717) is 11.6 Å². The molecular weight excluding hydrogens is 181 g/mol. The van der Waals surface area contributed by atoms with Gasteiger partial charge in [0.05, 0.1) is 0 Å². The molecule has 0 unspecified atom stereocenters. The zero-order valence-electron chi connectivity index (χ0n) is 7.27. The summed E-state index contributed by atoms with van der Waals surface area (Å²) in [6.07, 6.45) is 1.59. The molecule has 3 heteroatoms. The maximum absolute atomic E-state index is 12.8. The van der Waals surface area contributed by atoms with Gasteiger partial charge in [-0.2, -0.15) is 0 Å². The standard InChI is InChI=1S/C11H7FNO/c12-9-4-3-5-10(8-9)14-11-6-1-2-7-13-11/h1-5,7-8H. The fourth-order valence-corrected chi connectivity index (χ4v) is 1.01. The highest BCUT2D eigenvalue weighted by molar-refractivity contribution is 5.26. The largest absolute Gasteiger partial charge is 0.438 e. The fraction of sp³-hybridized carbons (Fsp3) is 0. The minimum Gasteiger partial charge on any atom is -0.438 e. The number of pyridine rings is 1. The Hall–Kier alpha value is -1.90. The molecule has 69 valence electrons. The van der Waals surface area contributed by atoms with Gasteiger partial charge < -0.3 is 4.74 Å². The second kappa shape index (κ2) is 3.87. The van der Waals surface area contributed by atoms with E-state index < -0.39 is 0 Å². The summed E-state index contributed by atoms with van der Waals surface area (Å²) in [6, 6.07) is 12.1. The van der Waals surface area contributed by atoms with Crippen molar-refractivity contribution in [1.29, 1.82) is 0 Å². The molecule has 0 aliphatic heterocycles. The first-order chi connectivity index (χ1) is 6.84. The van der Waals surface area contributed by atoms with Gasteiger partial charge in [0, 0.05) is 18.3 Å². The van der Waals surface area contributed by atoms with Crippen LogP contribution < -0.4 is 4.74 Å². The van der Waals surface area contributed by atoms with Gasteiger partial charge in [-0.3, -0.25) is 0 Å². The first-order valence-electron chi connectivity index (χ1n) is 4.11. The Labute approximate surface area is 81.0 Å². The monoisotopic (exact) mass is 188 g/mol. The van der Waals surface area contributed by atoms with E-state index >= 15 is 0 Å². The Kier molecular flexibility index (Phi) is 2.40. The summed E-state index contributed by atoms with van der Waals surface area (Å²) in [7, 11) is 0. The molecule has 0 atom stereocenters. The average Bonchev–Trinajstić information content (AvgIpc) is 2.19. The van der Waals surface area contributed by atoms with Crippen molar-refractivity contribution < 1.29 is 9.13 Å². The van der Waals surface area contributed by atoms with Gasteiger partial charge in [-0.25, -0.2) is 9.37 Å². The smallest absolute Gasteiger partial charge is 0.227 e. The SMILES string of the molecule is Fc1cccc(Oc2[c]cccn2)c1. The quantitative estimate of drug-likeness (QED) is 0.722. The Morgan fingerprint density at radius 3 is 2.93 bits per heavy atom. The maximum Gasteiger partial charge on any atom is 0.227 e. The lowest BCUT2D eigenvalue weighted by Gasteiger charge is -2.02. The van der Waals surface area contributed by atoms with Gasteiger partial charge in [-0.15, -0.1) is 0 Å². The predicted molar refractivity (Wildman–Crippen MR) is 49.5 cm³/mol. The Morgan fingerprint density at radius 2 is 2.21 bits per heavy atom. The number of aromatic nitrogens is 1. The highest BCUT2D eigenvalue weighted by atomic mass is 19.1. The van der Waals surface area contributed by atoms with Crippen LogP contribution in [0.3, 0.4) is 0 Å². The molecule has 2 nitrogen and oxygen atoms in total. The number of halogens is 1. The molecule has 2 rings (SSSR count). The van der Waals surface area contributed by atoms with Gasteiger partial charge in [0.2, 0.25) is 5.88 Å². The maximum atomic E-state index is 12.8. The third-order valence-corrected chi connectivity index (χ3v) is 1.59. The van der Waals surface area contributed by atoms with E-state index in [9.17, 15) is 4.39 Å². The molecule has 1 aromatic heterocycles. The number of benzene rings is 1. The molecule has 0 aliphatic rings. The number of hydrogen-bond acceptors (Lipinski definition) is 2. The van der Waals surface area contributed by atoms with E-state index in [4.69, 9.17) is 4.74 Å².